The Morgan fingerprint density at radius 1 is 1.10 bits per heavy atom. The summed E-state index contributed by atoms with van der Waals surface area (Å²) in [5.41, 5.74) is 3.65. The molecule has 1 atom stereocenters. The third kappa shape index (κ3) is 5.37. The van der Waals surface area contributed by atoms with Crippen LogP contribution in [-0.2, 0) is 11.3 Å². The first-order valence-electron chi connectivity index (χ1n) is 12.0. The number of hydrogen-bond donors (Lipinski definition) is 1. The van der Waals surface area contributed by atoms with Crippen LogP contribution in [0, 0.1) is 6.92 Å². The molecule has 0 aliphatic rings. The van der Waals surface area contributed by atoms with E-state index in [1.54, 1.807) is 49.4 Å². The molecule has 0 radical (unpaired) electrons. The van der Waals surface area contributed by atoms with Crippen LogP contribution in [0.2, 0.25) is 5.02 Å². The predicted octanol–water partition coefficient (Wildman–Crippen LogP) is 7.60. The number of alkyl halides is 3. The van der Waals surface area contributed by atoms with Crippen molar-refractivity contribution in [3.63, 3.8) is 0 Å². The molecule has 0 bridgehead atoms. The highest BCUT2D eigenvalue weighted by Gasteiger charge is 2.31. The third-order valence-electron chi connectivity index (χ3n) is 6.36. The zero-order valence-corrected chi connectivity index (χ0v) is 21.5. The highest BCUT2D eigenvalue weighted by Crippen LogP contribution is 2.40. The molecule has 2 aromatic heterocycles. The number of halogens is 4. The molecule has 0 aliphatic heterocycles. The van der Waals surface area contributed by atoms with E-state index in [1.165, 1.54) is 12.1 Å². The van der Waals surface area contributed by atoms with Gasteiger partial charge < -0.3 is 23.7 Å². The number of aromatic nitrogens is 2. The first-order valence-corrected chi connectivity index (χ1v) is 12.3. The van der Waals surface area contributed by atoms with Crippen molar-refractivity contribution < 1.29 is 37.1 Å². The van der Waals surface area contributed by atoms with Gasteiger partial charge in [0.2, 0.25) is 0 Å². The first kappa shape index (κ1) is 26.4. The molecule has 0 saturated heterocycles. The van der Waals surface area contributed by atoms with Crippen molar-refractivity contribution in [2.45, 2.75) is 39.3 Å². The molecule has 0 aliphatic carbocycles. The predicted molar refractivity (Wildman–Crippen MR) is 139 cm³/mol. The molecule has 0 fully saturated rings. The van der Waals surface area contributed by atoms with Crippen molar-refractivity contribution >= 4 is 39.4 Å². The van der Waals surface area contributed by atoms with E-state index in [0.29, 0.717) is 43.9 Å². The normalized spacial score (nSPS) is 12.7. The molecule has 39 heavy (non-hydrogen) atoms. The van der Waals surface area contributed by atoms with Gasteiger partial charge in [0.25, 0.3) is 0 Å². The average Bonchev–Trinajstić information content (AvgIpc) is 3.39. The molecule has 5 aromatic rings. The molecular weight excluding hydrogens is 537 g/mol. The number of carboxylic acid groups (broad SMARTS) is 1. The van der Waals surface area contributed by atoms with Gasteiger partial charge in [0.05, 0.1) is 5.52 Å². The van der Waals surface area contributed by atoms with Crippen LogP contribution < -0.4 is 9.47 Å². The Labute approximate surface area is 225 Å². The molecule has 7 nitrogen and oxygen atoms in total. The van der Waals surface area contributed by atoms with Crippen LogP contribution in [0.5, 0.6) is 11.5 Å². The Morgan fingerprint density at radius 3 is 2.59 bits per heavy atom. The van der Waals surface area contributed by atoms with E-state index in [-0.39, 0.29) is 18.7 Å². The number of carbonyl (C=O) groups is 1. The van der Waals surface area contributed by atoms with Crippen LogP contribution in [0.25, 0.3) is 33.1 Å². The molecule has 2 heterocycles. The van der Waals surface area contributed by atoms with Crippen molar-refractivity contribution in [2.75, 3.05) is 0 Å². The van der Waals surface area contributed by atoms with Gasteiger partial charge in [-0.3, -0.25) is 0 Å². The Bertz CT molecular complexity index is 1690. The van der Waals surface area contributed by atoms with Crippen molar-refractivity contribution in [1.29, 1.82) is 0 Å². The highest BCUT2D eigenvalue weighted by molar-refractivity contribution is 6.31. The number of ether oxygens (including phenoxy) is 2. The van der Waals surface area contributed by atoms with E-state index >= 15 is 0 Å². The number of aliphatic carboxylic acids is 1. The molecule has 0 spiro atoms. The van der Waals surface area contributed by atoms with Gasteiger partial charge in [0.1, 0.15) is 17.2 Å². The van der Waals surface area contributed by atoms with Gasteiger partial charge in [-0.05, 0) is 55.3 Å². The Balaban J connectivity index is 1.64. The maximum atomic E-state index is 13.0. The second-order valence-electron chi connectivity index (χ2n) is 8.95. The zero-order valence-electron chi connectivity index (χ0n) is 20.8. The van der Waals surface area contributed by atoms with Crippen molar-refractivity contribution in [3.8, 4) is 22.8 Å². The fourth-order valence-corrected chi connectivity index (χ4v) is 4.78. The summed E-state index contributed by atoms with van der Waals surface area (Å²) in [7, 11) is 0. The van der Waals surface area contributed by atoms with Gasteiger partial charge >= 0.3 is 12.3 Å². The van der Waals surface area contributed by atoms with Gasteiger partial charge in [-0.2, -0.15) is 0 Å². The van der Waals surface area contributed by atoms with E-state index in [4.69, 9.17) is 20.9 Å². The van der Waals surface area contributed by atoms with Crippen molar-refractivity contribution in [2.24, 2.45) is 0 Å². The molecule has 0 amide bonds. The monoisotopic (exact) mass is 558 g/mol. The minimum Gasteiger partial charge on any atom is -0.479 e. The lowest BCUT2D eigenvalue weighted by Gasteiger charge is -2.15. The maximum Gasteiger partial charge on any atom is 0.573 e. The molecule has 5 rings (SSSR count). The Morgan fingerprint density at radius 2 is 1.87 bits per heavy atom. The smallest absolute Gasteiger partial charge is 0.479 e. The number of fused-ring (bicyclic) bond motifs is 2. The summed E-state index contributed by atoms with van der Waals surface area (Å²) in [5.74, 6) is -1.06. The van der Waals surface area contributed by atoms with Crippen molar-refractivity contribution in [3.05, 3.63) is 76.9 Å². The lowest BCUT2D eigenvalue weighted by Crippen LogP contribution is -2.25. The summed E-state index contributed by atoms with van der Waals surface area (Å²) in [6, 6.07) is 16.2. The molecule has 202 valence electrons. The van der Waals surface area contributed by atoms with Gasteiger partial charge in [-0.15, -0.1) is 13.2 Å². The molecule has 0 unspecified atom stereocenters. The average molecular weight is 559 g/mol. The fraction of sp³-hybridized carbons (Fsp3) is 0.214. The van der Waals surface area contributed by atoms with E-state index in [9.17, 15) is 23.1 Å². The minimum absolute atomic E-state index is 0.250. The van der Waals surface area contributed by atoms with Crippen LogP contribution >= 0.6 is 11.6 Å². The van der Waals surface area contributed by atoms with E-state index in [2.05, 4.69) is 9.89 Å². The number of hydrogen-bond acceptors (Lipinski definition) is 5. The molecule has 11 heteroatoms. The number of benzene rings is 3. The van der Waals surface area contributed by atoms with E-state index in [1.807, 2.05) is 17.6 Å². The number of nitrogens with zero attached hydrogens (tertiary/aromatic N) is 2. The summed E-state index contributed by atoms with van der Waals surface area (Å²) in [6.45, 7) is 3.80. The van der Waals surface area contributed by atoms with Crippen LogP contribution in [0.4, 0.5) is 13.2 Å². The fourth-order valence-electron chi connectivity index (χ4n) is 4.62. The Kier molecular flexibility index (Phi) is 6.90. The topological polar surface area (TPSA) is 86.7 Å². The van der Waals surface area contributed by atoms with Crippen LogP contribution in [0.15, 0.2) is 65.2 Å². The lowest BCUT2D eigenvalue weighted by molar-refractivity contribution is -0.274. The van der Waals surface area contributed by atoms with Crippen LogP contribution in [0.1, 0.15) is 24.6 Å². The lowest BCUT2D eigenvalue weighted by atomic mass is 10.0. The summed E-state index contributed by atoms with van der Waals surface area (Å²) in [6.07, 6.45) is -5.57. The summed E-state index contributed by atoms with van der Waals surface area (Å²) < 4.78 is 56.2. The largest absolute Gasteiger partial charge is 0.573 e. The van der Waals surface area contributed by atoms with E-state index < -0.39 is 18.4 Å². The number of rotatable bonds is 8. The van der Waals surface area contributed by atoms with Crippen LogP contribution in [-0.4, -0.2) is 33.3 Å². The minimum atomic E-state index is -4.85. The van der Waals surface area contributed by atoms with Crippen LogP contribution in [0.3, 0.4) is 0 Å². The second-order valence-corrected chi connectivity index (χ2v) is 9.38. The number of carboxylic acids is 1. The quantitative estimate of drug-likeness (QED) is 0.211. The SMILES string of the molecule is CC[C@@H](Oc1cccc(Cn2c(C)c(-c3noc4cc(Cl)ccc34)c3ccc(OC(F)(F)F)cc32)c1)C(=O)O. The molecule has 1 N–H and O–H groups in total. The summed E-state index contributed by atoms with van der Waals surface area (Å²) in [4.78, 5) is 11.4. The molecule has 0 saturated carbocycles. The summed E-state index contributed by atoms with van der Waals surface area (Å²) in [5, 5.41) is 15.4. The standard InChI is InChI=1S/C28H22ClF3N2O5/c1-3-23(27(35)36)37-18-6-4-5-16(11-18)14-34-15(2)25(26-21-9-7-17(29)12-24(21)39-33-26)20-10-8-19(13-22(20)34)38-28(30,31)32/h4-13,23H,3,14H2,1-2H3,(H,35,36)/t23-/m1/s1. The zero-order chi connectivity index (χ0) is 27.9. The molecule has 3 aromatic carbocycles. The Hall–Kier alpha value is -4.18. The summed E-state index contributed by atoms with van der Waals surface area (Å²) >= 11 is 6.10. The van der Waals surface area contributed by atoms with Gasteiger partial charge in [-0.1, -0.05) is 35.8 Å². The maximum absolute atomic E-state index is 13.0. The molecular formula is C28H22ClF3N2O5. The first-order chi connectivity index (χ1) is 18.5. The van der Waals surface area contributed by atoms with E-state index in [0.717, 1.165) is 11.3 Å². The van der Waals surface area contributed by atoms with Gasteiger partial charge in [-0.25, -0.2) is 4.79 Å². The second kappa shape index (κ2) is 10.2. The van der Waals surface area contributed by atoms with Gasteiger partial charge in [0.15, 0.2) is 11.7 Å². The van der Waals surface area contributed by atoms with Crippen molar-refractivity contribution in [1.82, 2.24) is 9.72 Å². The van der Waals surface area contributed by atoms with Gasteiger partial charge in [0, 0.05) is 45.7 Å². The highest BCUT2D eigenvalue weighted by atomic mass is 35.5. The third-order valence-corrected chi connectivity index (χ3v) is 6.60.